The van der Waals surface area contributed by atoms with Gasteiger partial charge in [0.15, 0.2) is 11.5 Å². The van der Waals surface area contributed by atoms with E-state index in [1.54, 1.807) is 35.2 Å². The summed E-state index contributed by atoms with van der Waals surface area (Å²) in [4.78, 5) is 16.9. The molecule has 1 aliphatic rings. The third kappa shape index (κ3) is 3.69. The molecule has 1 amide bonds. The predicted molar refractivity (Wildman–Crippen MR) is 100 cm³/mol. The molecule has 7 heteroatoms. The molecule has 1 aromatic heterocycles. The fourth-order valence-electron chi connectivity index (χ4n) is 3.23. The molecule has 0 radical (unpaired) electrons. The van der Waals surface area contributed by atoms with Gasteiger partial charge in [0.05, 0.1) is 0 Å². The third-order valence-electron chi connectivity index (χ3n) is 4.72. The first kappa shape index (κ1) is 18.0. The summed E-state index contributed by atoms with van der Waals surface area (Å²) in [6.07, 6.45) is 4.19. The number of carbonyl (C=O) groups is 1. The van der Waals surface area contributed by atoms with Crippen LogP contribution in [0.1, 0.15) is 29.4 Å². The molecule has 1 unspecified atom stereocenters. The molecule has 3 aromatic rings. The molecule has 2 heterocycles. The normalized spacial score (nSPS) is 13.4. The molecule has 0 saturated heterocycles. The van der Waals surface area contributed by atoms with Crippen molar-refractivity contribution in [1.29, 1.82) is 0 Å². The van der Waals surface area contributed by atoms with Gasteiger partial charge in [-0.1, -0.05) is 24.3 Å². The van der Waals surface area contributed by atoms with Gasteiger partial charge in [0.1, 0.15) is 17.7 Å². The van der Waals surface area contributed by atoms with Crippen LogP contribution in [0.15, 0.2) is 54.9 Å². The largest absolute Gasteiger partial charge is 0.454 e. The number of hydrogen-bond acceptors (Lipinski definition) is 4. The van der Waals surface area contributed by atoms with Crippen LogP contribution in [0.2, 0.25) is 0 Å². The molecule has 2 aromatic carbocycles. The Hall–Kier alpha value is -3.35. The van der Waals surface area contributed by atoms with E-state index in [0.29, 0.717) is 29.3 Å². The number of fused-ring (bicyclic) bond motifs is 1. The maximum Gasteiger partial charge on any atom is 0.231 e. The number of imidazole rings is 1. The number of nitrogens with one attached hydrogen (secondary N) is 1. The van der Waals surface area contributed by atoms with Crippen LogP contribution < -0.4 is 14.8 Å². The van der Waals surface area contributed by atoms with Crippen LogP contribution in [0.3, 0.4) is 0 Å². The highest BCUT2D eigenvalue weighted by Crippen LogP contribution is 2.32. The van der Waals surface area contributed by atoms with Gasteiger partial charge in [0.2, 0.25) is 12.7 Å². The molecule has 4 rings (SSSR count). The number of amides is 1. The summed E-state index contributed by atoms with van der Waals surface area (Å²) in [5.74, 6) is 1.40. The number of halogens is 1. The first-order valence-corrected chi connectivity index (χ1v) is 9.01. The van der Waals surface area contributed by atoms with Crippen molar-refractivity contribution in [3.63, 3.8) is 0 Å². The van der Waals surface area contributed by atoms with E-state index in [0.717, 1.165) is 5.56 Å². The fraction of sp³-hybridized carbons (Fsp3) is 0.238. The molecular weight excluding hydrogens is 361 g/mol. The van der Waals surface area contributed by atoms with E-state index >= 15 is 0 Å². The predicted octanol–water partition coefficient (Wildman–Crippen LogP) is 3.13. The lowest BCUT2D eigenvalue weighted by Gasteiger charge is -2.19. The maximum atomic E-state index is 14.4. The Morgan fingerprint density at radius 3 is 2.86 bits per heavy atom. The highest BCUT2D eigenvalue weighted by Gasteiger charge is 2.23. The second-order valence-electron chi connectivity index (χ2n) is 6.61. The Labute approximate surface area is 161 Å². The van der Waals surface area contributed by atoms with Gasteiger partial charge in [-0.25, -0.2) is 9.37 Å². The lowest BCUT2D eigenvalue weighted by molar-refractivity contribution is -0.121. The van der Waals surface area contributed by atoms with Crippen molar-refractivity contribution in [2.75, 3.05) is 6.79 Å². The van der Waals surface area contributed by atoms with Crippen LogP contribution in [0.4, 0.5) is 4.39 Å². The van der Waals surface area contributed by atoms with E-state index < -0.39 is 6.04 Å². The highest BCUT2D eigenvalue weighted by atomic mass is 19.1. The van der Waals surface area contributed by atoms with Crippen LogP contribution in [-0.4, -0.2) is 22.3 Å². The summed E-state index contributed by atoms with van der Waals surface area (Å²) in [7, 11) is 1.81. The van der Waals surface area contributed by atoms with Gasteiger partial charge in [0, 0.05) is 31.4 Å². The van der Waals surface area contributed by atoms with Gasteiger partial charge in [-0.3, -0.25) is 4.79 Å². The number of aromatic nitrogens is 2. The van der Waals surface area contributed by atoms with Crippen LogP contribution >= 0.6 is 0 Å². The van der Waals surface area contributed by atoms with Crippen LogP contribution in [0.5, 0.6) is 11.5 Å². The average Bonchev–Trinajstić information content (AvgIpc) is 3.33. The summed E-state index contributed by atoms with van der Waals surface area (Å²) in [5.41, 5.74) is 1.35. The number of carbonyl (C=O) groups excluding carboxylic acids is 1. The SMILES string of the molecule is Cn1ccnc1C(NC(=O)CCc1ccc2c(c1)OCO2)c1ccccc1F. The zero-order chi connectivity index (χ0) is 19.5. The minimum Gasteiger partial charge on any atom is -0.454 e. The maximum absolute atomic E-state index is 14.4. The third-order valence-corrected chi connectivity index (χ3v) is 4.72. The van der Waals surface area contributed by atoms with Crippen molar-refractivity contribution in [3.05, 3.63) is 77.6 Å². The molecule has 1 aliphatic heterocycles. The molecule has 1 N–H and O–H groups in total. The second-order valence-corrected chi connectivity index (χ2v) is 6.61. The van der Waals surface area contributed by atoms with Crippen molar-refractivity contribution in [1.82, 2.24) is 14.9 Å². The van der Waals surface area contributed by atoms with Gasteiger partial charge >= 0.3 is 0 Å². The Morgan fingerprint density at radius 2 is 2.07 bits per heavy atom. The zero-order valence-electron chi connectivity index (χ0n) is 15.4. The minimum absolute atomic E-state index is 0.186. The van der Waals surface area contributed by atoms with E-state index in [1.807, 2.05) is 25.2 Å². The molecule has 0 fully saturated rings. The smallest absolute Gasteiger partial charge is 0.231 e. The summed E-state index contributed by atoms with van der Waals surface area (Å²) in [6.45, 7) is 0.216. The molecule has 1 atom stereocenters. The van der Waals surface area contributed by atoms with Gasteiger partial charge in [-0.2, -0.15) is 0 Å². The molecular formula is C21H20FN3O3. The first-order valence-electron chi connectivity index (χ1n) is 9.01. The van der Waals surface area contributed by atoms with Crippen molar-refractivity contribution >= 4 is 5.91 Å². The lowest BCUT2D eigenvalue weighted by Crippen LogP contribution is -2.31. The number of rotatable bonds is 6. The second kappa shape index (κ2) is 7.72. The highest BCUT2D eigenvalue weighted by molar-refractivity contribution is 5.77. The monoisotopic (exact) mass is 381 g/mol. The van der Waals surface area contributed by atoms with Crippen molar-refractivity contribution < 1.29 is 18.7 Å². The molecule has 28 heavy (non-hydrogen) atoms. The molecule has 0 spiro atoms. The molecule has 0 saturated carbocycles. The first-order chi connectivity index (χ1) is 13.6. The van der Waals surface area contributed by atoms with Crippen molar-refractivity contribution in [3.8, 4) is 11.5 Å². The fourth-order valence-corrected chi connectivity index (χ4v) is 3.23. The topological polar surface area (TPSA) is 65.4 Å². The van der Waals surface area contributed by atoms with E-state index in [1.165, 1.54) is 6.07 Å². The number of ether oxygens (including phenoxy) is 2. The number of nitrogens with zero attached hydrogens (tertiary/aromatic N) is 2. The minimum atomic E-state index is -0.662. The number of hydrogen-bond donors (Lipinski definition) is 1. The van der Waals surface area contributed by atoms with E-state index in [9.17, 15) is 9.18 Å². The standard InChI is InChI=1S/C21H20FN3O3/c1-25-11-10-23-21(25)20(15-4-2-3-5-16(15)22)24-19(26)9-7-14-6-8-17-18(12-14)28-13-27-17/h2-6,8,10-12,20H,7,9,13H2,1H3,(H,24,26). The van der Waals surface area contributed by atoms with Crippen LogP contribution in [-0.2, 0) is 18.3 Å². The van der Waals surface area contributed by atoms with Crippen molar-refractivity contribution in [2.45, 2.75) is 18.9 Å². The Kier molecular flexibility index (Phi) is 4.97. The van der Waals surface area contributed by atoms with E-state index in [-0.39, 0.29) is 24.9 Å². The van der Waals surface area contributed by atoms with Gasteiger partial charge < -0.3 is 19.4 Å². The number of aryl methyl sites for hydroxylation is 2. The molecule has 0 bridgehead atoms. The molecule has 144 valence electrons. The Bertz CT molecular complexity index is 1000. The van der Waals surface area contributed by atoms with Crippen molar-refractivity contribution in [2.24, 2.45) is 7.05 Å². The molecule has 6 nitrogen and oxygen atoms in total. The van der Waals surface area contributed by atoms with E-state index in [2.05, 4.69) is 10.3 Å². The summed E-state index contributed by atoms with van der Waals surface area (Å²) in [6, 6.07) is 11.4. The van der Waals surface area contributed by atoms with Crippen LogP contribution in [0, 0.1) is 5.82 Å². The lowest BCUT2D eigenvalue weighted by atomic mass is 10.0. The molecule has 0 aliphatic carbocycles. The van der Waals surface area contributed by atoms with Gasteiger partial charge in [-0.05, 0) is 30.2 Å². The van der Waals surface area contributed by atoms with Gasteiger partial charge in [-0.15, -0.1) is 0 Å². The average molecular weight is 381 g/mol. The van der Waals surface area contributed by atoms with Crippen LogP contribution in [0.25, 0.3) is 0 Å². The summed E-state index contributed by atoms with van der Waals surface area (Å²) in [5, 5.41) is 2.92. The summed E-state index contributed by atoms with van der Waals surface area (Å²) < 4.78 is 26.8. The number of benzene rings is 2. The quantitative estimate of drug-likeness (QED) is 0.713. The zero-order valence-corrected chi connectivity index (χ0v) is 15.4. The Morgan fingerprint density at radius 1 is 1.25 bits per heavy atom. The Balaban J connectivity index is 1.48. The summed E-state index contributed by atoms with van der Waals surface area (Å²) >= 11 is 0. The van der Waals surface area contributed by atoms with E-state index in [4.69, 9.17) is 9.47 Å². The van der Waals surface area contributed by atoms with Gasteiger partial charge in [0.25, 0.3) is 0 Å².